The summed E-state index contributed by atoms with van der Waals surface area (Å²) in [6, 6.07) is 19.1. The maximum absolute atomic E-state index is 13.3. The van der Waals surface area contributed by atoms with Crippen molar-refractivity contribution >= 4 is 34.2 Å². The van der Waals surface area contributed by atoms with E-state index in [1.165, 1.54) is 0 Å². The molecule has 3 aromatic rings. The predicted octanol–water partition coefficient (Wildman–Crippen LogP) is 3.85. The van der Waals surface area contributed by atoms with Crippen LogP contribution in [0.25, 0.3) is 10.8 Å². The van der Waals surface area contributed by atoms with Crippen molar-refractivity contribution in [2.75, 3.05) is 18.6 Å². The zero-order valence-electron chi connectivity index (χ0n) is 19.3. The largest absolute Gasteiger partial charge is 0.497 e. The molecule has 1 N–H and O–H groups in total. The van der Waals surface area contributed by atoms with E-state index in [1.807, 2.05) is 55.5 Å². The Labute approximate surface area is 198 Å². The Morgan fingerprint density at radius 2 is 1.82 bits per heavy atom. The maximum atomic E-state index is 13.3. The van der Waals surface area contributed by atoms with Crippen molar-refractivity contribution in [3.63, 3.8) is 0 Å². The van der Waals surface area contributed by atoms with Gasteiger partial charge in [0.15, 0.2) is 0 Å². The molecule has 0 aromatic heterocycles. The van der Waals surface area contributed by atoms with Gasteiger partial charge >= 0.3 is 0 Å². The highest BCUT2D eigenvalue weighted by atomic mass is 16.5. The molecule has 3 amide bonds. The smallest absolute Gasteiger partial charge is 0.257 e. The molecule has 0 saturated carbocycles. The van der Waals surface area contributed by atoms with Gasteiger partial charge in [0, 0.05) is 25.9 Å². The van der Waals surface area contributed by atoms with Gasteiger partial charge in [-0.25, -0.2) is 0 Å². The van der Waals surface area contributed by atoms with Crippen LogP contribution in [0.2, 0.25) is 0 Å². The second kappa shape index (κ2) is 8.48. The molecule has 7 nitrogen and oxygen atoms in total. The Balaban J connectivity index is 1.26. The van der Waals surface area contributed by atoms with Crippen LogP contribution in [0.4, 0.5) is 5.69 Å². The first-order chi connectivity index (χ1) is 16.4. The summed E-state index contributed by atoms with van der Waals surface area (Å²) in [5.74, 6) is 0.535. The molecule has 0 radical (unpaired) electrons. The molecule has 3 aromatic carbocycles. The summed E-state index contributed by atoms with van der Waals surface area (Å²) in [5.41, 5.74) is 1.41. The standard InChI is InChI=1S/C27H27N3O4/c1-27-13-11-25(32)30(27)23-6-4-3-5-22(23)26(33)29(27)14-12-24(31)28-17-18-7-8-20-16-21(34-2)10-9-19(20)15-18/h3-10,15-16H,11-14,17H2,1-2H3,(H,28,31). The molecule has 174 valence electrons. The van der Waals surface area contributed by atoms with Crippen LogP contribution in [0, 0.1) is 0 Å². The van der Waals surface area contributed by atoms with Crippen LogP contribution in [0.3, 0.4) is 0 Å². The monoisotopic (exact) mass is 457 g/mol. The highest BCUT2D eigenvalue weighted by Crippen LogP contribution is 2.43. The van der Waals surface area contributed by atoms with Gasteiger partial charge in [0.05, 0.1) is 18.4 Å². The van der Waals surface area contributed by atoms with Crippen LogP contribution < -0.4 is 15.0 Å². The summed E-state index contributed by atoms with van der Waals surface area (Å²) >= 11 is 0. The second-order valence-electron chi connectivity index (χ2n) is 8.99. The van der Waals surface area contributed by atoms with Gasteiger partial charge < -0.3 is 15.0 Å². The van der Waals surface area contributed by atoms with E-state index in [-0.39, 0.29) is 30.7 Å². The third-order valence-corrected chi connectivity index (χ3v) is 6.91. The number of anilines is 1. The van der Waals surface area contributed by atoms with Crippen LogP contribution in [0.5, 0.6) is 5.75 Å². The molecule has 7 heteroatoms. The van der Waals surface area contributed by atoms with E-state index in [4.69, 9.17) is 4.74 Å². The average molecular weight is 458 g/mol. The van der Waals surface area contributed by atoms with Gasteiger partial charge in [-0.05, 0) is 60.0 Å². The first-order valence-electron chi connectivity index (χ1n) is 11.5. The summed E-state index contributed by atoms with van der Waals surface area (Å²) in [4.78, 5) is 42.0. The number of nitrogens with zero attached hydrogens (tertiary/aromatic N) is 2. The topological polar surface area (TPSA) is 79.0 Å². The molecule has 1 atom stereocenters. The van der Waals surface area contributed by atoms with Crippen molar-refractivity contribution < 1.29 is 19.1 Å². The van der Waals surface area contributed by atoms with Crippen LogP contribution >= 0.6 is 0 Å². The first kappa shape index (κ1) is 21.9. The first-order valence-corrected chi connectivity index (χ1v) is 11.5. The lowest BCUT2D eigenvalue weighted by atomic mass is 9.98. The Hall–Kier alpha value is -3.87. The molecule has 2 heterocycles. The maximum Gasteiger partial charge on any atom is 0.257 e. The van der Waals surface area contributed by atoms with Crippen molar-refractivity contribution in [1.82, 2.24) is 10.2 Å². The highest BCUT2D eigenvalue weighted by Gasteiger charge is 2.52. The van der Waals surface area contributed by atoms with E-state index >= 15 is 0 Å². The molecule has 34 heavy (non-hydrogen) atoms. The molecule has 1 fully saturated rings. The Kier molecular flexibility index (Phi) is 5.48. The Morgan fingerprint density at radius 3 is 2.65 bits per heavy atom. The Bertz CT molecular complexity index is 1300. The number of carbonyl (C=O) groups excluding carboxylic acids is 3. The lowest BCUT2D eigenvalue weighted by Gasteiger charge is -2.48. The number of rotatable bonds is 6. The van der Waals surface area contributed by atoms with Gasteiger partial charge in [0.25, 0.3) is 5.91 Å². The normalized spacial score (nSPS) is 19.2. The SMILES string of the molecule is COc1ccc2cc(CNC(=O)CCN3C(=O)c4ccccc4N4C(=O)CCC34C)ccc2c1. The van der Waals surface area contributed by atoms with Gasteiger partial charge in [-0.15, -0.1) is 0 Å². The molecule has 0 spiro atoms. The van der Waals surface area contributed by atoms with Crippen LogP contribution in [0.15, 0.2) is 60.7 Å². The van der Waals surface area contributed by atoms with E-state index < -0.39 is 5.66 Å². The lowest BCUT2D eigenvalue weighted by molar-refractivity contribution is -0.121. The number of ether oxygens (including phenoxy) is 1. The molecular formula is C27H27N3O4. The summed E-state index contributed by atoms with van der Waals surface area (Å²) in [6.07, 6.45) is 1.10. The van der Waals surface area contributed by atoms with Crippen molar-refractivity contribution in [3.05, 3.63) is 71.8 Å². The minimum atomic E-state index is -0.748. The zero-order valence-corrected chi connectivity index (χ0v) is 19.3. The molecular weight excluding hydrogens is 430 g/mol. The van der Waals surface area contributed by atoms with Gasteiger partial charge in [-0.3, -0.25) is 19.3 Å². The number of hydrogen-bond acceptors (Lipinski definition) is 4. The zero-order chi connectivity index (χ0) is 23.9. The number of carbonyl (C=O) groups is 3. The fourth-order valence-corrected chi connectivity index (χ4v) is 5.05. The van der Waals surface area contributed by atoms with Crippen LogP contribution in [0.1, 0.15) is 42.1 Å². The van der Waals surface area contributed by atoms with E-state index in [2.05, 4.69) is 5.32 Å². The predicted molar refractivity (Wildman–Crippen MR) is 130 cm³/mol. The second-order valence-corrected chi connectivity index (χ2v) is 8.99. The van der Waals surface area contributed by atoms with Crippen LogP contribution in [-0.2, 0) is 16.1 Å². The number of para-hydroxylation sites is 1. The molecule has 2 aliphatic heterocycles. The van der Waals surface area contributed by atoms with E-state index in [0.717, 1.165) is 22.1 Å². The summed E-state index contributed by atoms with van der Waals surface area (Å²) < 4.78 is 5.27. The van der Waals surface area contributed by atoms with Crippen LogP contribution in [-0.4, -0.2) is 41.9 Å². The van der Waals surface area contributed by atoms with Gasteiger partial charge in [-0.2, -0.15) is 0 Å². The number of fused-ring (bicyclic) bond motifs is 4. The van der Waals surface area contributed by atoms with Crippen molar-refractivity contribution in [3.8, 4) is 5.75 Å². The summed E-state index contributed by atoms with van der Waals surface area (Å²) in [5, 5.41) is 5.10. The fraction of sp³-hybridized carbons (Fsp3) is 0.296. The van der Waals surface area contributed by atoms with Crippen molar-refractivity contribution in [2.24, 2.45) is 0 Å². The van der Waals surface area contributed by atoms with E-state index in [9.17, 15) is 14.4 Å². The number of nitrogens with one attached hydrogen (secondary N) is 1. The van der Waals surface area contributed by atoms with Gasteiger partial charge in [-0.1, -0.05) is 30.3 Å². The molecule has 2 aliphatic rings. The van der Waals surface area contributed by atoms with Gasteiger partial charge in [0.1, 0.15) is 11.4 Å². The number of hydrogen-bond donors (Lipinski definition) is 1. The molecule has 0 aliphatic carbocycles. The van der Waals surface area contributed by atoms with Gasteiger partial charge in [0.2, 0.25) is 11.8 Å². The Morgan fingerprint density at radius 1 is 1.06 bits per heavy atom. The molecule has 1 saturated heterocycles. The van der Waals surface area contributed by atoms with Crippen molar-refractivity contribution in [1.29, 1.82) is 0 Å². The molecule has 1 unspecified atom stereocenters. The summed E-state index contributed by atoms with van der Waals surface area (Å²) in [7, 11) is 1.64. The third-order valence-electron chi connectivity index (χ3n) is 6.91. The summed E-state index contributed by atoms with van der Waals surface area (Å²) in [6.45, 7) is 2.56. The minimum absolute atomic E-state index is 0.00539. The van der Waals surface area contributed by atoms with E-state index in [1.54, 1.807) is 29.0 Å². The number of methoxy groups -OCH3 is 1. The molecule has 0 bridgehead atoms. The third kappa shape index (κ3) is 3.67. The quantitative estimate of drug-likeness (QED) is 0.610. The minimum Gasteiger partial charge on any atom is -0.497 e. The number of benzene rings is 3. The lowest BCUT2D eigenvalue weighted by Crippen LogP contribution is -2.62. The van der Waals surface area contributed by atoms with E-state index in [0.29, 0.717) is 30.6 Å². The molecule has 5 rings (SSSR count). The highest BCUT2D eigenvalue weighted by molar-refractivity contribution is 6.10. The van der Waals surface area contributed by atoms with Crippen molar-refractivity contribution in [2.45, 2.75) is 38.4 Å². The fourth-order valence-electron chi connectivity index (χ4n) is 5.05. The number of amides is 3. The average Bonchev–Trinajstić information content (AvgIpc) is 3.17.